The zero-order valence-corrected chi connectivity index (χ0v) is 9.33. The molecule has 1 saturated carbocycles. The fraction of sp³-hybridized carbons (Fsp3) is 0.571. The van der Waals surface area contributed by atoms with Crippen LogP contribution in [0.1, 0.15) is 38.2 Å². The lowest BCUT2D eigenvalue weighted by Gasteiger charge is -2.45. The molecule has 0 unspecified atom stereocenters. The number of rotatable bonds is 0. The average molecular weight is 202 g/mol. The minimum Gasteiger partial charge on any atom is -0.487 e. The van der Waals surface area contributed by atoms with Crippen LogP contribution in [0.2, 0.25) is 0 Å². The molecule has 0 amide bonds. The highest BCUT2D eigenvalue weighted by molar-refractivity contribution is 5.36. The Hall–Kier alpha value is -0.980. The fourth-order valence-corrected chi connectivity index (χ4v) is 3.12. The number of ether oxygens (including phenoxy) is 1. The molecule has 1 aliphatic carbocycles. The molecule has 2 aliphatic rings. The van der Waals surface area contributed by atoms with Gasteiger partial charge in [-0.3, -0.25) is 0 Å². The van der Waals surface area contributed by atoms with Crippen molar-refractivity contribution in [3.63, 3.8) is 0 Å². The summed E-state index contributed by atoms with van der Waals surface area (Å²) in [5.74, 6) is 1.86. The summed E-state index contributed by atoms with van der Waals surface area (Å²) in [6.07, 6.45) is 6.49. The zero-order valence-electron chi connectivity index (χ0n) is 9.33. The molecule has 0 saturated heterocycles. The van der Waals surface area contributed by atoms with E-state index in [2.05, 4.69) is 31.2 Å². The Morgan fingerprint density at radius 1 is 1.27 bits per heavy atom. The fourth-order valence-electron chi connectivity index (χ4n) is 3.12. The van der Waals surface area contributed by atoms with E-state index in [-0.39, 0.29) is 5.60 Å². The van der Waals surface area contributed by atoms with Gasteiger partial charge in [-0.1, -0.05) is 24.6 Å². The minimum atomic E-state index is 0.118. The van der Waals surface area contributed by atoms with Crippen molar-refractivity contribution in [1.29, 1.82) is 0 Å². The van der Waals surface area contributed by atoms with E-state index in [9.17, 15) is 0 Å². The van der Waals surface area contributed by atoms with Crippen molar-refractivity contribution in [3.05, 3.63) is 29.8 Å². The molecule has 1 nitrogen and oxygen atoms in total. The third-order valence-corrected chi connectivity index (χ3v) is 4.12. The smallest absolute Gasteiger partial charge is 0.123 e. The van der Waals surface area contributed by atoms with Gasteiger partial charge in [0.15, 0.2) is 0 Å². The van der Waals surface area contributed by atoms with Crippen molar-refractivity contribution in [3.8, 4) is 5.75 Å². The second-order valence-electron chi connectivity index (χ2n) is 5.17. The highest BCUT2D eigenvalue weighted by Gasteiger charge is 2.41. The maximum Gasteiger partial charge on any atom is 0.123 e. The summed E-state index contributed by atoms with van der Waals surface area (Å²) in [6.45, 7) is 2.30. The highest BCUT2D eigenvalue weighted by atomic mass is 16.5. The highest BCUT2D eigenvalue weighted by Crippen LogP contribution is 2.44. The van der Waals surface area contributed by atoms with E-state index < -0.39 is 0 Å². The molecule has 15 heavy (non-hydrogen) atoms. The topological polar surface area (TPSA) is 9.23 Å². The van der Waals surface area contributed by atoms with Crippen molar-refractivity contribution in [2.75, 3.05) is 0 Å². The Morgan fingerprint density at radius 2 is 2.13 bits per heavy atom. The molecule has 1 aromatic rings. The van der Waals surface area contributed by atoms with Crippen LogP contribution >= 0.6 is 0 Å². The van der Waals surface area contributed by atoms with Crippen molar-refractivity contribution in [2.45, 2.75) is 44.6 Å². The quantitative estimate of drug-likeness (QED) is 0.625. The normalized spacial score (nSPS) is 33.8. The summed E-state index contributed by atoms with van der Waals surface area (Å²) in [5, 5.41) is 0. The third-order valence-electron chi connectivity index (χ3n) is 4.12. The monoisotopic (exact) mass is 202 g/mol. The van der Waals surface area contributed by atoms with Crippen LogP contribution in [-0.2, 0) is 6.42 Å². The molecule has 1 heteroatoms. The zero-order chi connectivity index (χ0) is 10.3. The van der Waals surface area contributed by atoms with E-state index in [0.717, 1.165) is 11.7 Å². The second kappa shape index (κ2) is 3.26. The number of para-hydroxylation sites is 1. The van der Waals surface area contributed by atoms with Gasteiger partial charge in [0.25, 0.3) is 0 Å². The molecule has 0 radical (unpaired) electrons. The van der Waals surface area contributed by atoms with Crippen molar-refractivity contribution >= 4 is 0 Å². The van der Waals surface area contributed by atoms with Gasteiger partial charge in [0.2, 0.25) is 0 Å². The molecule has 1 aromatic carbocycles. The maximum absolute atomic E-state index is 6.22. The van der Waals surface area contributed by atoms with Gasteiger partial charge in [-0.25, -0.2) is 0 Å². The molecule has 2 atom stereocenters. The van der Waals surface area contributed by atoms with Crippen LogP contribution in [0.4, 0.5) is 0 Å². The van der Waals surface area contributed by atoms with Gasteiger partial charge in [0, 0.05) is 5.92 Å². The molecule has 1 heterocycles. The van der Waals surface area contributed by atoms with Crippen molar-refractivity contribution in [1.82, 2.24) is 0 Å². The van der Waals surface area contributed by atoms with Gasteiger partial charge in [-0.2, -0.15) is 0 Å². The Morgan fingerprint density at radius 3 is 3.07 bits per heavy atom. The van der Waals surface area contributed by atoms with E-state index >= 15 is 0 Å². The van der Waals surface area contributed by atoms with Crippen molar-refractivity contribution in [2.24, 2.45) is 5.92 Å². The van der Waals surface area contributed by atoms with Gasteiger partial charge in [0.05, 0.1) is 0 Å². The lowest BCUT2D eigenvalue weighted by molar-refractivity contribution is -0.0215. The molecule has 1 aliphatic heterocycles. The predicted molar refractivity (Wildman–Crippen MR) is 61.1 cm³/mol. The summed E-state index contributed by atoms with van der Waals surface area (Å²) >= 11 is 0. The molecule has 1 fully saturated rings. The first-order valence-corrected chi connectivity index (χ1v) is 6.05. The van der Waals surface area contributed by atoms with Crippen LogP contribution < -0.4 is 4.74 Å². The summed E-state index contributed by atoms with van der Waals surface area (Å²) in [5.41, 5.74) is 1.52. The summed E-state index contributed by atoms with van der Waals surface area (Å²) < 4.78 is 6.22. The largest absolute Gasteiger partial charge is 0.487 e. The van der Waals surface area contributed by atoms with Crippen LogP contribution in [0.5, 0.6) is 5.75 Å². The molecule has 0 spiro atoms. The van der Waals surface area contributed by atoms with Gasteiger partial charge in [-0.05, 0) is 44.2 Å². The Balaban J connectivity index is 1.98. The van der Waals surface area contributed by atoms with E-state index in [1.807, 2.05) is 0 Å². The summed E-state index contributed by atoms with van der Waals surface area (Å²) in [7, 11) is 0. The van der Waals surface area contributed by atoms with E-state index in [1.165, 1.54) is 37.7 Å². The Bertz CT molecular complexity index is 371. The van der Waals surface area contributed by atoms with Crippen LogP contribution in [0.25, 0.3) is 0 Å². The summed E-state index contributed by atoms with van der Waals surface area (Å²) in [4.78, 5) is 0. The van der Waals surface area contributed by atoms with E-state index in [0.29, 0.717) is 0 Å². The van der Waals surface area contributed by atoms with E-state index in [1.54, 1.807) is 0 Å². The summed E-state index contributed by atoms with van der Waals surface area (Å²) in [6, 6.07) is 8.52. The molecular formula is C14H18O. The van der Waals surface area contributed by atoms with Gasteiger partial charge < -0.3 is 4.74 Å². The Kier molecular flexibility index (Phi) is 2.01. The molecule has 0 N–H and O–H groups in total. The third kappa shape index (κ3) is 1.45. The number of benzene rings is 1. The van der Waals surface area contributed by atoms with Crippen LogP contribution in [0.15, 0.2) is 24.3 Å². The van der Waals surface area contributed by atoms with E-state index in [4.69, 9.17) is 4.74 Å². The lowest BCUT2D eigenvalue weighted by Crippen LogP contribution is -2.46. The van der Waals surface area contributed by atoms with Crippen LogP contribution in [0, 0.1) is 5.92 Å². The number of hydrogen-bond acceptors (Lipinski definition) is 1. The Labute approximate surface area is 91.5 Å². The SMILES string of the molecule is C[C@@]12CCCC[C@@H]1Cc1ccccc1O2. The average Bonchev–Trinajstić information content (AvgIpc) is 2.25. The minimum absolute atomic E-state index is 0.118. The standard InChI is InChI=1S/C14H18O/c1-14-9-5-4-7-12(14)10-11-6-2-3-8-13(11)15-14/h2-3,6,8,12H,4-5,7,9-10H2,1H3/t12-,14-/m1/s1. The number of fused-ring (bicyclic) bond motifs is 2. The van der Waals surface area contributed by atoms with Gasteiger partial charge in [-0.15, -0.1) is 0 Å². The maximum atomic E-state index is 6.22. The first-order chi connectivity index (χ1) is 7.28. The molecule has 3 rings (SSSR count). The number of hydrogen-bond donors (Lipinski definition) is 0. The molecule has 0 aromatic heterocycles. The van der Waals surface area contributed by atoms with Crippen LogP contribution in [0.3, 0.4) is 0 Å². The lowest BCUT2D eigenvalue weighted by atomic mass is 9.72. The predicted octanol–water partition coefficient (Wildman–Crippen LogP) is 3.57. The first-order valence-electron chi connectivity index (χ1n) is 6.05. The first kappa shape index (κ1) is 9.26. The van der Waals surface area contributed by atoms with Crippen molar-refractivity contribution < 1.29 is 4.74 Å². The van der Waals surface area contributed by atoms with Gasteiger partial charge >= 0.3 is 0 Å². The van der Waals surface area contributed by atoms with Gasteiger partial charge in [0.1, 0.15) is 11.4 Å². The molecule has 0 bridgehead atoms. The van der Waals surface area contributed by atoms with Crippen LogP contribution in [-0.4, -0.2) is 5.60 Å². The second-order valence-corrected chi connectivity index (χ2v) is 5.17. The molecule has 80 valence electrons. The molecular weight excluding hydrogens is 184 g/mol.